The smallest absolute Gasteiger partial charge is 0.312 e. The zero-order chi connectivity index (χ0) is 8.60. The minimum atomic E-state index is -0.0947. The highest BCUT2D eigenvalue weighted by atomic mass is 16.5. The average molecular weight is 168 g/mol. The molecule has 0 saturated heterocycles. The topological polar surface area (TPSA) is 26.3 Å². The van der Waals surface area contributed by atoms with Gasteiger partial charge in [0.1, 0.15) is 6.10 Å². The van der Waals surface area contributed by atoms with Gasteiger partial charge in [0.15, 0.2) is 0 Å². The molecule has 2 aliphatic carbocycles. The van der Waals surface area contributed by atoms with Gasteiger partial charge in [0, 0.05) is 0 Å². The maximum Gasteiger partial charge on any atom is 0.312 e. The second-order valence-electron chi connectivity index (χ2n) is 4.37. The van der Waals surface area contributed by atoms with E-state index in [2.05, 4.69) is 0 Å². The van der Waals surface area contributed by atoms with Gasteiger partial charge < -0.3 is 4.74 Å². The first-order valence-electron chi connectivity index (χ1n) is 4.92. The fourth-order valence-corrected chi connectivity index (χ4v) is 1.69. The van der Waals surface area contributed by atoms with Crippen LogP contribution in [0.1, 0.15) is 45.4 Å². The van der Waals surface area contributed by atoms with Crippen molar-refractivity contribution in [3.8, 4) is 0 Å². The third kappa shape index (κ3) is 1.47. The summed E-state index contributed by atoms with van der Waals surface area (Å²) in [6.45, 7) is 2.00. The van der Waals surface area contributed by atoms with E-state index >= 15 is 0 Å². The summed E-state index contributed by atoms with van der Waals surface area (Å²) in [5.74, 6) is 0.0504. The predicted octanol–water partition coefficient (Wildman–Crippen LogP) is 2.27. The highest BCUT2D eigenvalue weighted by molar-refractivity contribution is 5.79. The molecule has 0 aromatic heterocycles. The number of hydrogen-bond donors (Lipinski definition) is 0. The lowest BCUT2D eigenvalue weighted by Gasteiger charge is -2.14. The minimum Gasteiger partial charge on any atom is -0.462 e. The molecular weight excluding hydrogens is 152 g/mol. The van der Waals surface area contributed by atoms with Crippen LogP contribution in [0.4, 0.5) is 0 Å². The monoisotopic (exact) mass is 168 g/mol. The molecule has 0 aromatic rings. The van der Waals surface area contributed by atoms with Crippen LogP contribution in [0.2, 0.25) is 0 Å². The number of hydrogen-bond acceptors (Lipinski definition) is 2. The Labute approximate surface area is 73.3 Å². The van der Waals surface area contributed by atoms with E-state index in [-0.39, 0.29) is 17.5 Å². The lowest BCUT2D eigenvalue weighted by Crippen LogP contribution is -2.21. The molecule has 2 rings (SSSR count). The van der Waals surface area contributed by atoms with Crippen molar-refractivity contribution >= 4 is 5.97 Å². The molecule has 0 radical (unpaired) electrons. The molecule has 12 heavy (non-hydrogen) atoms. The third-order valence-electron chi connectivity index (χ3n) is 3.07. The van der Waals surface area contributed by atoms with Gasteiger partial charge in [0.25, 0.3) is 0 Å². The highest BCUT2D eigenvalue weighted by Gasteiger charge is 2.47. The van der Waals surface area contributed by atoms with E-state index in [4.69, 9.17) is 4.74 Å². The Balaban J connectivity index is 1.82. The molecule has 0 atom stereocenters. The summed E-state index contributed by atoms with van der Waals surface area (Å²) in [6, 6.07) is 0. The van der Waals surface area contributed by atoms with Crippen molar-refractivity contribution in [1.82, 2.24) is 0 Å². The Morgan fingerprint density at radius 3 is 2.42 bits per heavy atom. The van der Waals surface area contributed by atoms with E-state index in [1.165, 1.54) is 12.8 Å². The molecule has 0 spiro atoms. The Morgan fingerprint density at radius 2 is 1.92 bits per heavy atom. The number of rotatable bonds is 2. The maximum atomic E-state index is 11.5. The van der Waals surface area contributed by atoms with Crippen LogP contribution in [-0.4, -0.2) is 12.1 Å². The number of carbonyl (C=O) groups is 1. The quantitative estimate of drug-likeness (QED) is 0.591. The molecule has 2 saturated carbocycles. The first-order valence-corrected chi connectivity index (χ1v) is 4.92. The third-order valence-corrected chi connectivity index (χ3v) is 3.07. The summed E-state index contributed by atoms with van der Waals surface area (Å²) in [6.07, 6.45) is 6.93. The zero-order valence-electron chi connectivity index (χ0n) is 7.64. The average Bonchev–Trinajstić information content (AvgIpc) is 2.63. The fraction of sp³-hybridized carbons (Fsp3) is 0.900. The minimum absolute atomic E-state index is 0.0504. The molecule has 0 heterocycles. The number of ether oxygens (including phenoxy) is 1. The predicted molar refractivity (Wildman–Crippen MR) is 45.7 cm³/mol. The summed E-state index contributed by atoms with van der Waals surface area (Å²) in [7, 11) is 0. The Bertz CT molecular complexity index is 188. The first-order chi connectivity index (χ1) is 5.71. The largest absolute Gasteiger partial charge is 0.462 e. The van der Waals surface area contributed by atoms with E-state index in [0.717, 1.165) is 25.7 Å². The second-order valence-corrected chi connectivity index (χ2v) is 4.37. The molecule has 0 N–H and O–H groups in total. The van der Waals surface area contributed by atoms with Gasteiger partial charge in [-0.1, -0.05) is 0 Å². The normalized spacial score (nSPS) is 27.1. The Hall–Kier alpha value is -0.530. The van der Waals surface area contributed by atoms with E-state index in [1.807, 2.05) is 6.92 Å². The highest BCUT2D eigenvalue weighted by Crippen LogP contribution is 2.46. The lowest BCUT2D eigenvalue weighted by molar-refractivity contribution is -0.154. The summed E-state index contributed by atoms with van der Waals surface area (Å²) in [5, 5.41) is 0. The van der Waals surface area contributed by atoms with Crippen molar-refractivity contribution in [3.05, 3.63) is 0 Å². The summed E-state index contributed by atoms with van der Waals surface area (Å²) >= 11 is 0. The second kappa shape index (κ2) is 2.75. The van der Waals surface area contributed by atoms with Gasteiger partial charge in [-0.15, -0.1) is 0 Å². The van der Waals surface area contributed by atoms with Gasteiger partial charge in [-0.2, -0.15) is 0 Å². The van der Waals surface area contributed by atoms with Gasteiger partial charge in [0.2, 0.25) is 0 Å². The Morgan fingerprint density at radius 1 is 1.33 bits per heavy atom. The standard InChI is InChI=1S/C10H16O2/c1-10(6-7-10)9(11)12-8-4-2-3-5-8/h8H,2-7H2,1H3. The van der Waals surface area contributed by atoms with Gasteiger partial charge in [0.05, 0.1) is 5.41 Å². The van der Waals surface area contributed by atoms with Crippen LogP contribution in [0, 0.1) is 5.41 Å². The van der Waals surface area contributed by atoms with Crippen LogP contribution < -0.4 is 0 Å². The zero-order valence-corrected chi connectivity index (χ0v) is 7.64. The molecule has 2 aliphatic rings. The molecular formula is C10H16O2. The van der Waals surface area contributed by atoms with Crippen molar-refractivity contribution in [3.63, 3.8) is 0 Å². The molecule has 2 nitrogen and oxygen atoms in total. The van der Waals surface area contributed by atoms with Crippen LogP contribution >= 0.6 is 0 Å². The summed E-state index contributed by atoms with van der Waals surface area (Å²) in [4.78, 5) is 11.5. The van der Waals surface area contributed by atoms with Crippen LogP contribution in [0.25, 0.3) is 0 Å². The van der Waals surface area contributed by atoms with Crippen molar-refractivity contribution in [1.29, 1.82) is 0 Å². The first kappa shape index (κ1) is 8.09. The Kier molecular flexibility index (Phi) is 1.85. The summed E-state index contributed by atoms with van der Waals surface area (Å²) in [5.41, 5.74) is -0.0947. The number of esters is 1. The fourth-order valence-electron chi connectivity index (χ4n) is 1.69. The van der Waals surface area contributed by atoms with Crippen LogP contribution in [0.15, 0.2) is 0 Å². The van der Waals surface area contributed by atoms with E-state index in [9.17, 15) is 4.79 Å². The van der Waals surface area contributed by atoms with Gasteiger partial charge in [-0.05, 0) is 45.4 Å². The molecule has 2 heteroatoms. The molecule has 0 amide bonds. The van der Waals surface area contributed by atoms with Crippen LogP contribution in [0.3, 0.4) is 0 Å². The molecule has 2 fully saturated rings. The van der Waals surface area contributed by atoms with Gasteiger partial charge in [-0.3, -0.25) is 4.79 Å². The molecule has 0 aromatic carbocycles. The van der Waals surface area contributed by atoms with Crippen LogP contribution in [0.5, 0.6) is 0 Å². The SMILES string of the molecule is CC1(C(=O)OC2CCCC2)CC1. The van der Waals surface area contributed by atoms with Crippen molar-refractivity contribution < 1.29 is 9.53 Å². The molecule has 68 valence electrons. The van der Waals surface area contributed by atoms with Crippen molar-refractivity contribution in [2.45, 2.75) is 51.6 Å². The maximum absolute atomic E-state index is 11.5. The molecule has 0 aliphatic heterocycles. The summed E-state index contributed by atoms with van der Waals surface area (Å²) < 4.78 is 5.40. The number of carbonyl (C=O) groups excluding carboxylic acids is 1. The van der Waals surface area contributed by atoms with E-state index in [0.29, 0.717) is 0 Å². The van der Waals surface area contributed by atoms with E-state index in [1.54, 1.807) is 0 Å². The van der Waals surface area contributed by atoms with Gasteiger partial charge in [-0.25, -0.2) is 0 Å². The molecule has 0 unspecified atom stereocenters. The van der Waals surface area contributed by atoms with Crippen molar-refractivity contribution in [2.75, 3.05) is 0 Å². The van der Waals surface area contributed by atoms with E-state index < -0.39 is 0 Å². The molecule has 0 bridgehead atoms. The van der Waals surface area contributed by atoms with Crippen LogP contribution in [-0.2, 0) is 9.53 Å². The van der Waals surface area contributed by atoms with Gasteiger partial charge >= 0.3 is 5.97 Å². The lowest BCUT2D eigenvalue weighted by atomic mass is 10.1. The van der Waals surface area contributed by atoms with Crippen molar-refractivity contribution in [2.24, 2.45) is 5.41 Å².